The Balaban J connectivity index is 0.00000408. The van der Waals surface area contributed by atoms with Crippen molar-refractivity contribution in [1.82, 2.24) is 4.90 Å². The van der Waals surface area contributed by atoms with Crippen molar-refractivity contribution >= 4 is 29.9 Å². The van der Waals surface area contributed by atoms with E-state index in [2.05, 4.69) is 12.1 Å². The summed E-state index contributed by atoms with van der Waals surface area (Å²) in [7, 11) is 0. The lowest BCUT2D eigenvalue weighted by Crippen LogP contribution is -2.44. The molecule has 0 fully saturated rings. The summed E-state index contributed by atoms with van der Waals surface area (Å²) >= 11 is 0. The van der Waals surface area contributed by atoms with Gasteiger partial charge in [0.05, 0.1) is 6.04 Å². The molecule has 0 aromatic heterocycles. The number of rotatable bonds is 5. The number of halogens is 1. The lowest BCUT2D eigenvalue weighted by Gasteiger charge is -2.31. The first-order chi connectivity index (χ1) is 16.0. The predicted octanol–water partition coefficient (Wildman–Crippen LogP) is 5.35. The van der Waals surface area contributed by atoms with Crippen LogP contribution in [-0.2, 0) is 22.6 Å². The van der Waals surface area contributed by atoms with Gasteiger partial charge < -0.3 is 15.5 Å². The van der Waals surface area contributed by atoms with Crippen LogP contribution in [-0.4, -0.2) is 35.8 Å². The molecule has 5 nitrogen and oxygen atoms in total. The minimum Gasteiger partial charge on any atom is -0.337 e. The third-order valence-electron chi connectivity index (χ3n) is 6.43. The van der Waals surface area contributed by atoms with Gasteiger partial charge in [-0.3, -0.25) is 9.59 Å². The van der Waals surface area contributed by atoms with Crippen LogP contribution >= 0.6 is 12.4 Å². The average Bonchev–Trinajstić information content (AvgIpc) is 2.82. The van der Waals surface area contributed by atoms with E-state index in [0.29, 0.717) is 19.5 Å². The van der Waals surface area contributed by atoms with Crippen molar-refractivity contribution in [3.05, 3.63) is 65.7 Å². The zero-order chi connectivity index (χ0) is 23.6. The second-order valence-corrected chi connectivity index (χ2v) is 9.43. The first kappa shape index (κ1) is 27.9. The summed E-state index contributed by atoms with van der Waals surface area (Å²) in [6.07, 6.45) is 6.69. The van der Waals surface area contributed by atoms with E-state index in [1.54, 1.807) is 0 Å². The van der Waals surface area contributed by atoms with Crippen molar-refractivity contribution in [2.24, 2.45) is 11.7 Å². The number of anilines is 1. The SMILES string of the molecule is CC(C)C(=O)N1CCCCCCCN(C(=O)[C@@H](N)CCc2ccccc2)Cc2ccccc21.Cl. The first-order valence-corrected chi connectivity index (χ1v) is 12.4. The van der Waals surface area contributed by atoms with E-state index >= 15 is 0 Å². The van der Waals surface area contributed by atoms with Gasteiger partial charge in [-0.15, -0.1) is 12.4 Å². The second-order valence-electron chi connectivity index (χ2n) is 9.43. The number of carbonyl (C=O) groups is 2. The van der Waals surface area contributed by atoms with E-state index < -0.39 is 6.04 Å². The van der Waals surface area contributed by atoms with Gasteiger partial charge in [-0.25, -0.2) is 0 Å². The lowest BCUT2D eigenvalue weighted by molar-refractivity contribution is -0.133. The van der Waals surface area contributed by atoms with Gasteiger partial charge in [0.2, 0.25) is 11.8 Å². The van der Waals surface area contributed by atoms with Crippen molar-refractivity contribution in [1.29, 1.82) is 0 Å². The average molecular weight is 486 g/mol. The lowest BCUT2D eigenvalue weighted by atomic mass is 10.0. The Kier molecular flexibility index (Phi) is 11.6. The van der Waals surface area contributed by atoms with Gasteiger partial charge in [-0.05, 0) is 42.9 Å². The molecule has 186 valence electrons. The molecule has 0 saturated carbocycles. The fourth-order valence-electron chi connectivity index (χ4n) is 4.47. The van der Waals surface area contributed by atoms with Crippen molar-refractivity contribution in [2.45, 2.75) is 71.4 Å². The summed E-state index contributed by atoms with van der Waals surface area (Å²) in [5.74, 6) is 0.0617. The molecule has 0 bridgehead atoms. The normalized spacial score (nSPS) is 16.0. The minimum atomic E-state index is -0.529. The van der Waals surface area contributed by atoms with E-state index in [1.807, 2.05) is 66.1 Å². The number of aryl methyl sites for hydroxylation is 1. The molecule has 1 aliphatic heterocycles. The maximum absolute atomic E-state index is 13.4. The van der Waals surface area contributed by atoms with Crippen molar-refractivity contribution in [3.63, 3.8) is 0 Å². The highest BCUT2D eigenvalue weighted by Crippen LogP contribution is 2.26. The Labute approximate surface area is 211 Å². The molecule has 2 amide bonds. The van der Waals surface area contributed by atoms with Gasteiger partial charge in [-0.2, -0.15) is 0 Å². The number of amides is 2. The number of nitrogens with two attached hydrogens (primary N) is 1. The Bertz CT molecular complexity index is 904. The van der Waals surface area contributed by atoms with Crippen LogP contribution in [0.15, 0.2) is 54.6 Å². The quantitative estimate of drug-likeness (QED) is 0.620. The number of para-hydroxylation sites is 1. The Morgan fingerprint density at radius 2 is 1.47 bits per heavy atom. The Morgan fingerprint density at radius 3 is 2.18 bits per heavy atom. The van der Waals surface area contributed by atoms with Crippen LogP contribution in [0, 0.1) is 5.92 Å². The largest absolute Gasteiger partial charge is 0.337 e. The molecule has 1 heterocycles. The van der Waals surface area contributed by atoms with Gasteiger partial charge >= 0.3 is 0 Å². The van der Waals surface area contributed by atoms with Crippen LogP contribution in [0.25, 0.3) is 0 Å². The Hall–Kier alpha value is -2.37. The zero-order valence-corrected chi connectivity index (χ0v) is 21.4. The van der Waals surface area contributed by atoms with Crippen LogP contribution in [0.2, 0.25) is 0 Å². The molecule has 0 spiro atoms. The molecule has 6 heteroatoms. The molecule has 0 radical (unpaired) electrons. The summed E-state index contributed by atoms with van der Waals surface area (Å²) in [5.41, 5.74) is 9.52. The molecule has 3 rings (SSSR count). The number of nitrogens with zero attached hydrogens (tertiary/aromatic N) is 2. The van der Waals surface area contributed by atoms with Crippen LogP contribution in [0.1, 0.15) is 63.5 Å². The van der Waals surface area contributed by atoms with E-state index in [-0.39, 0.29) is 30.1 Å². The molecule has 34 heavy (non-hydrogen) atoms. The molecular formula is C28H40ClN3O2. The monoisotopic (exact) mass is 485 g/mol. The van der Waals surface area contributed by atoms with Crippen molar-refractivity contribution in [3.8, 4) is 0 Å². The van der Waals surface area contributed by atoms with E-state index in [0.717, 1.165) is 56.3 Å². The molecule has 2 aromatic carbocycles. The predicted molar refractivity (Wildman–Crippen MR) is 142 cm³/mol. The highest BCUT2D eigenvalue weighted by atomic mass is 35.5. The van der Waals surface area contributed by atoms with E-state index in [4.69, 9.17) is 5.73 Å². The number of hydrogen-bond acceptors (Lipinski definition) is 3. The van der Waals surface area contributed by atoms with Gasteiger partial charge in [0.25, 0.3) is 0 Å². The fourth-order valence-corrected chi connectivity index (χ4v) is 4.47. The molecule has 1 atom stereocenters. The summed E-state index contributed by atoms with van der Waals surface area (Å²) in [6, 6.07) is 17.7. The van der Waals surface area contributed by atoms with Crippen LogP contribution in [0.4, 0.5) is 5.69 Å². The summed E-state index contributed by atoms with van der Waals surface area (Å²) in [6.45, 7) is 5.80. The maximum atomic E-state index is 13.4. The molecule has 1 aliphatic rings. The molecule has 2 aromatic rings. The third-order valence-corrected chi connectivity index (χ3v) is 6.43. The Morgan fingerprint density at radius 1 is 0.853 bits per heavy atom. The molecule has 0 aliphatic carbocycles. The van der Waals surface area contributed by atoms with E-state index in [1.165, 1.54) is 5.56 Å². The first-order valence-electron chi connectivity index (χ1n) is 12.4. The molecule has 0 saturated heterocycles. The highest BCUT2D eigenvalue weighted by Gasteiger charge is 2.25. The second kappa shape index (κ2) is 14.1. The van der Waals surface area contributed by atoms with Crippen molar-refractivity contribution < 1.29 is 9.59 Å². The highest BCUT2D eigenvalue weighted by molar-refractivity contribution is 5.95. The van der Waals surface area contributed by atoms with Crippen molar-refractivity contribution in [2.75, 3.05) is 18.0 Å². The maximum Gasteiger partial charge on any atom is 0.239 e. The van der Waals surface area contributed by atoms with Gasteiger partial charge in [0, 0.05) is 31.2 Å². The number of carbonyl (C=O) groups excluding carboxylic acids is 2. The summed E-state index contributed by atoms with van der Waals surface area (Å²) in [4.78, 5) is 30.3. The zero-order valence-electron chi connectivity index (χ0n) is 20.6. The van der Waals surface area contributed by atoms with Crippen LogP contribution in [0.5, 0.6) is 0 Å². The van der Waals surface area contributed by atoms with Gasteiger partial charge in [0.1, 0.15) is 0 Å². The summed E-state index contributed by atoms with van der Waals surface area (Å²) in [5, 5.41) is 0. The fraction of sp³-hybridized carbons (Fsp3) is 0.500. The topological polar surface area (TPSA) is 66.6 Å². The van der Waals surface area contributed by atoms with Crippen LogP contribution in [0.3, 0.4) is 0 Å². The molecular weight excluding hydrogens is 446 g/mol. The summed E-state index contributed by atoms with van der Waals surface area (Å²) < 4.78 is 0. The number of fused-ring (bicyclic) bond motifs is 1. The smallest absolute Gasteiger partial charge is 0.239 e. The molecule has 2 N–H and O–H groups in total. The van der Waals surface area contributed by atoms with Crippen LogP contribution < -0.4 is 10.6 Å². The third kappa shape index (κ3) is 7.85. The number of benzene rings is 2. The number of hydrogen-bond donors (Lipinski definition) is 1. The minimum absolute atomic E-state index is 0. The molecule has 0 unspecified atom stereocenters. The van der Waals surface area contributed by atoms with Gasteiger partial charge in [0.15, 0.2) is 0 Å². The van der Waals surface area contributed by atoms with Gasteiger partial charge in [-0.1, -0.05) is 81.6 Å². The van der Waals surface area contributed by atoms with E-state index in [9.17, 15) is 9.59 Å². The standard InChI is InChI=1S/C28H39N3O2.ClH/c1-22(2)27(32)31-20-12-5-3-4-11-19-30(21-24-15-9-10-16-26(24)31)28(33)25(29)18-17-23-13-7-6-8-14-23;/h6-10,13-16,22,25H,3-5,11-12,17-21,29H2,1-2H3;1H/t25-;/m0./s1.